The fourth-order valence-electron chi connectivity index (χ4n) is 2.77. The minimum Gasteiger partial charge on any atom is -0.744 e. The average molecular weight is 476 g/mol. The number of thiophene rings is 1. The largest absolute Gasteiger partial charge is 1.00 e. The van der Waals surface area contributed by atoms with Crippen LogP contribution in [0.1, 0.15) is 4.88 Å². The van der Waals surface area contributed by atoms with Crippen LogP contribution in [0.25, 0.3) is 0 Å². The van der Waals surface area contributed by atoms with Crippen molar-refractivity contribution in [3.05, 3.63) is 64.9 Å². The maximum Gasteiger partial charge on any atom is 1.00 e. The normalized spacial score (nSPS) is 11.6. The van der Waals surface area contributed by atoms with Crippen molar-refractivity contribution in [2.45, 2.75) is 16.3 Å². The summed E-state index contributed by atoms with van der Waals surface area (Å²) in [5.41, 5.74) is 0.790. The second-order valence-corrected chi connectivity index (χ2v) is 10.1. The van der Waals surface area contributed by atoms with E-state index in [1.54, 1.807) is 42.3 Å². The Kier molecular flexibility index (Phi) is 8.10. The summed E-state index contributed by atoms with van der Waals surface area (Å²) < 4.78 is 59.7. The molecule has 0 spiro atoms. The van der Waals surface area contributed by atoms with Crippen LogP contribution in [-0.4, -0.2) is 28.4 Å². The van der Waals surface area contributed by atoms with Gasteiger partial charge in [-0.1, -0.05) is 24.3 Å². The molecule has 0 radical (unpaired) electrons. The van der Waals surface area contributed by atoms with Crippen molar-refractivity contribution >= 4 is 48.5 Å². The first kappa shape index (κ1) is 24.8. The number of anilines is 3. The maximum absolute atomic E-state index is 12.2. The molecule has 3 N–H and O–H groups in total. The quantitative estimate of drug-likeness (QED) is 0.354. The maximum atomic E-state index is 12.2. The van der Waals surface area contributed by atoms with E-state index in [-0.39, 0.29) is 47.5 Å². The Labute approximate surface area is 201 Å². The Morgan fingerprint density at radius 3 is 2.23 bits per heavy atom. The number of primary sulfonamides is 1. The Balaban J connectivity index is 0.00000320. The van der Waals surface area contributed by atoms with Gasteiger partial charge in [0.05, 0.1) is 16.3 Å². The molecule has 0 aliphatic rings. The van der Waals surface area contributed by atoms with Gasteiger partial charge in [-0.25, -0.2) is 22.0 Å². The van der Waals surface area contributed by atoms with E-state index < -0.39 is 29.9 Å². The van der Waals surface area contributed by atoms with Crippen LogP contribution in [0.5, 0.6) is 0 Å². The first-order valence-corrected chi connectivity index (χ1v) is 12.1. The van der Waals surface area contributed by atoms with Gasteiger partial charge in [0.15, 0.2) is 0 Å². The molecule has 0 saturated carbocycles. The van der Waals surface area contributed by atoms with Gasteiger partial charge in [0.1, 0.15) is 15.0 Å². The summed E-state index contributed by atoms with van der Waals surface area (Å²) in [6, 6.07) is 14.7. The van der Waals surface area contributed by atoms with Crippen LogP contribution in [0.3, 0.4) is 0 Å². The van der Waals surface area contributed by atoms with E-state index in [9.17, 15) is 21.4 Å². The van der Waals surface area contributed by atoms with Crippen LogP contribution in [-0.2, 0) is 26.7 Å². The van der Waals surface area contributed by atoms with E-state index in [0.717, 1.165) is 10.9 Å². The molecule has 0 aliphatic heterocycles. The van der Waals surface area contributed by atoms with Crippen molar-refractivity contribution in [1.82, 2.24) is 0 Å². The smallest absolute Gasteiger partial charge is 0.744 e. The van der Waals surface area contributed by atoms with E-state index in [4.69, 9.17) is 5.14 Å². The molecule has 0 bridgehead atoms. The molecule has 1 heterocycles. The molecule has 30 heavy (non-hydrogen) atoms. The van der Waals surface area contributed by atoms with Gasteiger partial charge in [-0.2, -0.15) is 0 Å². The Morgan fingerprint density at radius 2 is 1.70 bits per heavy atom. The Morgan fingerprint density at radius 1 is 1.03 bits per heavy atom. The minimum atomic E-state index is -4.96. The van der Waals surface area contributed by atoms with Crippen LogP contribution < -0.4 is 44.9 Å². The molecule has 12 heteroatoms. The standard InChI is InChI=1S/C18H19N3O5S3.Na/c1-21(13-6-3-2-4-7-13)16-10-15(20-12-14-8-5-9-27-14)17(29(24,25)26)11-18(16)28(19,22)23;/h2-11,20H,12H2,1H3,(H2,19,22,23)(H,24,25,26);/q;+1/p-1. The molecule has 3 aromatic rings. The zero-order valence-electron chi connectivity index (χ0n) is 16.3. The van der Waals surface area contributed by atoms with Crippen LogP contribution in [0.4, 0.5) is 17.1 Å². The van der Waals surface area contributed by atoms with Crippen molar-refractivity contribution in [2.75, 3.05) is 17.3 Å². The molecule has 8 nitrogen and oxygen atoms in total. The van der Waals surface area contributed by atoms with Gasteiger partial charge in [-0.15, -0.1) is 11.3 Å². The van der Waals surface area contributed by atoms with Crippen molar-refractivity contribution in [3.8, 4) is 0 Å². The monoisotopic (exact) mass is 475 g/mol. The molecular weight excluding hydrogens is 457 g/mol. The predicted octanol–water partition coefficient (Wildman–Crippen LogP) is -0.316. The zero-order valence-corrected chi connectivity index (χ0v) is 20.7. The third-order valence-corrected chi connectivity index (χ3v) is 6.87. The minimum absolute atomic E-state index is 0. The Bertz CT molecular complexity index is 1220. The first-order valence-electron chi connectivity index (χ1n) is 8.29. The zero-order chi connectivity index (χ0) is 21.2. The summed E-state index contributed by atoms with van der Waals surface area (Å²) in [4.78, 5) is 1.33. The second kappa shape index (κ2) is 9.79. The number of para-hydroxylation sites is 1. The van der Waals surface area contributed by atoms with Gasteiger partial charge >= 0.3 is 29.6 Å². The summed E-state index contributed by atoms with van der Waals surface area (Å²) in [6.45, 7) is 0.267. The molecule has 0 amide bonds. The van der Waals surface area contributed by atoms with Crippen LogP contribution in [0, 0.1) is 0 Å². The fourth-order valence-corrected chi connectivity index (χ4v) is 4.92. The summed E-state index contributed by atoms with van der Waals surface area (Å²) >= 11 is 1.45. The van der Waals surface area contributed by atoms with E-state index in [1.165, 1.54) is 17.4 Å². The van der Waals surface area contributed by atoms with Gasteiger partial charge in [-0.05, 0) is 35.7 Å². The van der Waals surface area contributed by atoms with Gasteiger partial charge < -0.3 is 14.8 Å². The van der Waals surface area contributed by atoms with E-state index in [2.05, 4.69) is 5.32 Å². The summed E-state index contributed by atoms with van der Waals surface area (Å²) in [7, 11) is -7.66. The number of rotatable bonds is 7. The molecule has 1 aromatic heterocycles. The fraction of sp³-hybridized carbons (Fsp3) is 0.111. The molecule has 0 aliphatic carbocycles. The van der Waals surface area contributed by atoms with Gasteiger partial charge in [-0.3, -0.25) is 0 Å². The van der Waals surface area contributed by atoms with E-state index in [0.29, 0.717) is 5.69 Å². The van der Waals surface area contributed by atoms with E-state index >= 15 is 0 Å². The Hall–Kier alpha value is -1.44. The van der Waals surface area contributed by atoms with Gasteiger partial charge in [0, 0.05) is 24.2 Å². The number of benzene rings is 2. The molecular formula is C18H18N3NaO5S3. The molecule has 0 unspecified atom stereocenters. The van der Waals surface area contributed by atoms with Gasteiger partial charge in [0.25, 0.3) is 0 Å². The van der Waals surface area contributed by atoms with Crippen LogP contribution in [0.15, 0.2) is 69.8 Å². The van der Waals surface area contributed by atoms with E-state index in [1.807, 2.05) is 17.5 Å². The number of nitrogens with zero attached hydrogens (tertiary/aromatic N) is 1. The van der Waals surface area contributed by atoms with Crippen molar-refractivity contribution in [1.29, 1.82) is 0 Å². The third-order valence-electron chi connectivity index (χ3n) is 4.18. The topological polar surface area (TPSA) is 133 Å². The van der Waals surface area contributed by atoms with Gasteiger partial charge in [0.2, 0.25) is 10.0 Å². The SMILES string of the molecule is CN(c1ccccc1)c1cc(NCc2cccs2)c(S(=O)(=O)[O-])cc1S(N)(=O)=O.[Na+]. The number of nitrogens with two attached hydrogens (primary N) is 1. The average Bonchev–Trinajstić information content (AvgIpc) is 3.18. The number of hydrogen-bond donors (Lipinski definition) is 2. The molecule has 0 saturated heterocycles. The molecule has 154 valence electrons. The molecule has 3 rings (SSSR count). The summed E-state index contributed by atoms with van der Waals surface area (Å²) in [5, 5.41) is 10.1. The molecule has 0 atom stereocenters. The van der Waals surface area contributed by atoms with Crippen molar-refractivity contribution in [2.24, 2.45) is 5.14 Å². The molecule has 2 aromatic carbocycles. The van der Waals surface area contributed by atoms with Crippen LogP contribution in [0.2, 0.25) is 0 Å². The van der Waals surface area contributed by atoms with Crippen LogP contribution >= 0.6 is 11.3 Å². The summed E-state index contributed by atoms with van der Waals surface area (Å²) in [5.74, 6) is 0. The van der Waals surface area contributed by atoms with Crippen molar-refractivity contribution in [3.63, 3.8) is 0 Å². The predicted molar refractivity (Wildman–Crippen MR) is 112 cm³/mol. The third kappa shape index (κ3) is 5.83. The molecule has 0 fully saturated rings. The number of sulfonamides is 1. The number of hydrogen-bond acceptors (Lipinski definition) is 8. The number of nitrogens with one attached hydrogen (secondary N) is 1. The summed E-state index contributed by atoms with van der Waals surface area (Å²) in [6.07, 6.45) is 0. The van der Waals surface area contributed by atoms with Crippen molar-refractivity contribution < 1.29 is 50.9 Å². The first-order chi connectivity index (χ1) is 13.6. The second-order valence-electron chi connectivity index (χ2n) is 6.14.